The van der Waals surface area contributed by atoms with Crippen LogP contribution in [0, 0.1) is 0 Å². The molecule has 0 heterocycles. The minimum Gasteiger partial charge on any atom is -0.497 e. The van der Waals surface area contributed by atoms with Crippen molar-refractivity contribution in [1.29, 1.82) is 0 Å². The number of ether oxygens (including phenoxy) is 2. The van der Waals surface area contributed by atoms with Crippen molar-refractivity contribution in [2.45, 2.75) is 19.1 Å². The molecule has 1 aromatic carbocycles. The molecule has 0 radical (unpaired) electrons. The Morgan fingerprint density at radius 3 is 2.68 bits per heavy atom. The molecule has 0 fully saturated rings. The fraction of sp³-hybridized carbons (Fsp3) is 0.417. The number of carbonyl (C=O) groups excluding carboxylic acids is 1. The zero-order valence-electron chi connectivity index (χ0n) is 10.6. The van der Waals surface area contributed by atoms with Crippen LogP contribution in [0.3, 0.4) is 0 Å². The van der Waals surface area contributed by atoms with E-state index in [9.17, 15) is 9.18 Å². The van der Waals surface area contributed by atoms with Gasteiger partial charge in [0.1, 0.15) is 5.75 Å². The first kappa shape index (κ1) is 18.1. The van der Waals surface area contributed by atoms with Gasteiger partial charge in [0.2, 0.25) is 6.17 Å². The maximum Gasteiger partial charge on any atom is 0.342 e. The monoisotopic (exact) mass is 355 g/mol. The Morgan fingerprint density at radius 2 is 2.16 bits per heavy atom. The molecule has 1 aromatic rings. The van der Waals surface area contributed by atoms with Crippen LogP contribution in [0.1, 0.15) is 18.5 Å². The summed E-state index contributed by atoms with van der Waals surface area (Å²) in [5.41, 5.74) is 6.19. The predicted octanol–water partition coefficient (Wildman–Crippen LogP) is 2.78. The summed E-state index contributed by atoms with van der Waals surface area (Å²) in [5, 5.41) is 0. The Kier molecular flexibility index (Phi) is 7.97. The van der Waals surface area contributed by atoms with Crippen molar-refractivity contribution in [3.8, 4) is 5.75 Å². The zero-order valence-corrected chi connectivity index (χ0v) is 13.0. The number of hydrogen-bond acceptors (Lipinski definition) is 4. The summed E-state index contributed by atoms with van der Waals surface area (Å²) in [6.45, 7) is 1.73. The molecule has 2 atom stereocenters. The SMILES string of the molecule is CCOC(=O)C(F)[C@@H](N)c1cc(OC)ccc1Br.Cl. The Morgan fingerprint density at radius 1 is 1.53 bits per heavy atom. The van der Waals surface area contributed by atoms with Gasteiger partial charge in [-0.2, -0.15) is 0 Å². The number of carbonyl (C=O) groups is 1. The first-order valence-electron chi connectivity index (χ1n) is 5.41. The Labute approximate surface area is 126 Å². The molecule has 2 N–H and O–H groups in total. The quantitative estimate of drug-likeness (QED) is 0.824. The van der Waals surface area contributed by atoms with Gasteiger partial charge in [0.15, 0.2) is 0 Å². The molecule has 0 aliphatic rings. The number of hydrogen-bond donors (Lipinski definition) is 1. The first-order chi connectivity index (χ1) is 8.51. The molecular formula is C12H16BrClFNO3. The van der Waals surface area contributed by atoms with Crippen molar-refractivity contribution >= 4 is 34.3 Å². The summed E-state index contributed by atoms with van der Waals surface area (Å²) in [4.78, 5) is 11.3. The maximum atomic E-state index is 13.8. The van der Waals surface area contributed by atoms with E-state index in [4.69, 9.17) is 10.5 Å². The molecule has 108 valence electrons. The van der Waals surface area contributed by atoms with Gasteiger partial charge in [0.05, 0.1) is 19.8 Å². The van der Waals surface area contributed by atoms with E-state index in [-0.39, 0.29) is 19.0 Å². The number of halogens is 3. The lowest BCUT2D eigenvalue weighted by atomic mass is 10.0. The molecule has 0 saturated carbocycles. The van der Waals surface area contributed by atoms with E-state index in [0.717, 1.165) is 0 Å². The lowest BCUT2D eigenvalue weighted by Gasteiger charge is -2.17. The maximum absolute atomic E-state index is 13.8. The molecule has 0 aliphatic heterocycles. The van der Waals surface area contributed by atoms with Crippen molar-refractivity contribution in [3.63, 3.8) is 0 Å². The normalized spacial score (nSPS) is 13.1. The molecule has 0 aromatic heterocycles. The standard InChI is InChI=1S/C12H15BrFNO3.ClH/c1-3-18-12(16)10(14)11(15)8-6-7(17-2)4-5-9(8)13;/h4-6,10-11H,3,15H2,1-2H3;1H/t10?,11-;/m0./s1. The summed E-state index contributed by atoms with van der Waals surface area (Å²) in [7, 11) is 1.50. The number of esters is 1. The average Bonchev–Trinajstić information content (AvgIpc) is 2.38. The molecule has 1 rings (SSSR count). The van der Waals surface area contributed by atoms with Crippen LogP contribution in [-0.2, 0) is 9.53 Å². The first-order valence-corrected chi connectivity index (χ1v) is 6.20. The highest BCUT2D eigenvalue weighted by Crippen LogP contribution is 2.29. The average molecular weight is 357 g/mol. The van der Waals surface area contributed by atoms with Crippen LogP contribution >= 0.6 is 28.3 Å². The van der Waals surface area contributed by atoms with Crippen LogP contribution < -0.4 is 10.5 Å². The Hall–Kier alpha value is -0.850. The van der Waals surface area contributed by atoms with E-state index in [2.05, 4.69) is 20.7 Å². The van der Waals surface area contributed by atoms with Gasteiger partial charge >= 0.3 is 5.97 Å². The summed E-state index contributed by atoms with van der Waals surface area (Å²) in [6, 6.07) is 3.87. The van der Waals surface area contributed by atoms with Gasteiger partial charge in [-0.1, -0.05) is 15.9 Å². The zero-order chi connectivity index (χ0) is 13.7. The van der Waals surface area contributed by atoms with E-state index in [1.54, 1.807) is 25.1 Å². The second-order valence-electron chi connectivity index (χ2n) is 3.57. The highest BCUT2D eigenvalue weighted by Gasteiger charge is 2.29. The van der Waals surface area contributed by atoms with Crippen molar-refractivity contribution in [3.05, 3.63) is 28.2 Å². The van der Waals surface area contributed by atoms with Gasteiger partial charge < -0.3 is 15.2 Å². The minimum absolute atomic E-state index is 0. The molecule has 0 bridgehead atoms. The van der Waals surface area contributed by atoms with Gasteiger partial charge in [0, 0.05) is 4.47 Å². The van der Waals surface area contributed by atoms with E-state index < -0.39 is 18.2 Å². The number of benzene rings is 1. The van der Waals surface area contributed by atoms with E-state index in [0.29, 0.717) is 15.8 Å². The largest absolute Gasteiger partial charge is 0.497 e. The lowest BCUT2D eigenvalue weighted by Crippen LogP contribution is -2.31. The van der Waals surface area contributed by atoms with Gasteiger partial charge in [-0.05, 0) is 30.7 Å². The molecule has 0 aliphatic carbocycles. The highest BCUT2D eigenvalue weighted by molar-refractivity contribution is 9.10. The molecule has 0 amide bonds. The van der Waals surface area contributed by atoms with Crippen LogP contribution in [0.4, 0.5) is 4.39 Å². The predicted molar refractivity (Wildman–Crippen MR) is 76.4 cm³/mol. The molecule has 19 heavy (non-hydrogen) atoms. The number of nitrogens with two attached hydrogens (primary N) is 1. The molecular weight excluding hydrogens is 340 g/mol. The van der Waals surface area contributed by atoms with Gasteiger partial charge in [-0.3, -0.25) is 0 Å². The van der Waals surface area contributed by atoms with Crippen LogP contribution in [0.25, 0.3) is 0 Å². The molecule has 7 heteroatoms. The van der Waals surface area contributed by atoms with Gasteiger partial charge in [-0.25, -0.2) is 9.18 Å². The van der Waals surface area contributed by atoms with Gasteiger partial charge in [-0.15, -0.1) is 12.4 Å². The molecule has 4 nitrogen and oxygen atoms in total. The van der Waals surface area contributed by atoms with Crippen molar-refractivity contribution < 1.29 is 18.7 Å². The van der Waals surface area contributed by atoms with Crippen molar-refractivity contribution in [1.82, 2.24) is 0 Å². The summed E-state index contributed by atoms with van der Waals surface area (Å²) in [6.07, 6.45) is -1.91. The fourth-order valence-corrected chi connectivity index (χ4v) is 1.94. The van der Waals surface area contributed by atoms with E-state index >= 15 is 0 Å². The van der Waals surface area contributed by atoms with Crippen LogP contribution in [-0.4, -0.2) is 25.9 Å². The summed E-state index contributed by atoms with van der Waals surface area (Å²) in [5.74, 6) is -0.417. The number of methoxy groups -OCH3 is 1. The third kappa shape index (κ3) is 4.63. The van der Waals surface area contributed by atoms with Crippen LogP contribution in [0.2, 0.25) is 0 Å². The lowest BCUT2D eigenvalue weighted by molar-refractivity contribution is -0.149. The molecule has 0 saturated heterocycles. The van der Waals surface area contributed by atoms with Gasteiger partial charge in [0.25, 0.3) is 0 Å². The number of rotatable bonds is 5. The Balaban J connectivity index is 0.00000324. The van der Waals surface area contributed by atoms with E-state index in [1.165, 1.54) is 7.11 Å². The van der Waals surface area contributed by atoms with E-state index in [1.807, 2.05) is 0 Å². The smallest absolute Gasteiger partial charge is 0.342 e. The van der Waals surface area contributed by atoms with Crippen LogP contribution in [0.5, 0.6) is 5.75 Å². The fourth-order valence-electron chi connectivity index (χ4n) is 1.43. The number of alkyl halides is 1. The van der Waals surface area contributed by atoms with Crippen molar-refractivity contribution in [2.75, 3.05) is 13.7 Å². The topological polar surface area (TPSA) is 61.5 Å². The highest BCUT2D eigenvalue weighted by atomic mass is 79.9. The second-order valence-corrected chi connectivity index (χ2v) is 4.42. The summed E-state index contributed by atoms with van der Waals surface area (Å²) < 4.78 is 24.1. The second kappa shape index (κ2) is 8.35. The third-order valence-corrected chi connectivity index (χ3v) is 3.11. The molecule has 1 unspecified atom stereocenters. The minimum atomic E-state index is -1.91. The summed E-state index contributed by atoms with van der Waals surface area (Å²) >= 11 is 3.26. The third-order valence-electron chi connectivity index (χ3n) is 2.39. The Bertz CT molecular complexity index is 433. The van der Waals surface area contributed by atoms with Crippen molar-refractivity contribution in [2.24, 2.45) is 5.73 Å². The molecule has 0 spiro atoms. The van der Waals surface area contributed by atoms with Crippen LogP contribution in [0.15, 0.2) is 22.7 Å².